The van der Waals surface area contributed by atoms with Gasteiger partial charge in [-0.1, -0.05) is 0 Å². The van der Waals surface area contributed by atoms with Crippen molar-refractivity contribution in [3.05, 3.63) is 24.0 Å². The molecular weight excluding hydrogens is 326 g/mol. The Hall–Kier alpha value is -1.91. The highest BCUT2D eigenvalue weighted by Gasteiger charge is 2.32. The number of sulfonamides is 1. The van der Waals surface area contributed by atoms with Gasteiger partial charge in [0.15, 0.2) is 9.96 Å². The van der Waals surface area contributed by atoms with Crippen LogP contribution in [0.5, 0.6) is 5.75 Å². The van der Waals surface area contributed by atoms with E-state index in [1.54, 1.807) is 18.6 Å². The van der Waals surface area contributed by atoms with Crippen molar-refractivity contribution in [2.45, 2.75) is 4.21 Å². The van der Waals surface area contributed by atoms with Crippen molar-refractivity contribution < 1.29 is 13.5 Å². The van der Waals surface area contributed by atoms with Crippen molar-refractivity contribution in [3.8, 4) is 5.75 Å². The molecule has 1 fully saturated rings. The third-order valence-corrected chi connectivity index (χ3v) is 6.85. The van der Waals surface area contributed by atoms with Gasteiger partial charge in [0, 0.05) is 44.0 Å². The average Bonchev–Trinajstić information content (AvgIpc) is 2.88. The van der Waals surface area contributed by atoms with Crippen LogP contribution in [-0.2, 0) is 10.0 Å². The lowest BCUT2D eigenvalue weighted by atomic mass is 10.3. The monoisotopic (exact) mass is 341 g/mol. The molecule has 1 aliphatic rings. The number of rotatable bonds is 3. The molecule has 0 saturated carbocycles. The second-order valence-corrected chi connectivity index (χ2v) is 7.79. The molecule has 10 heteroatoms. The molecule has 1 saturated heterocycles. The minimum Gasteiger partial charge on any atom is -0.504 e. The van der Waals surface area contributed by atoms with Crippen LogP contribution in [0, 0.1) is 0 Å². The molecule has 1 aliphatic heterocycles. The second-order valence-electron chi connectivity index (χ2n) is 4.78. The van der Waals surface area contributed by atoms with Gasteiger partial charge >= 0.3 is 0 Å². The lowest BCUT2D eigenvalue weighted by Crippen LogP contribution is -2.48. The highest BCUT2D eigenvalue weighted by atomic mass is 32.2. The van der Waals surface area contributed by atoms with E-state index in [4.69, 9.17) is 5.73 Å². The Morgan fingerprint density at radius 1 is 1.23 bits per heavy atom. The summed E-state index contributed by atoms with van der Waals surface area (Å²) in [4.78, 5) is 10.2. The molecule has 8 nitrogen and oxygen atoms in total. The molecule has 118 valence electrons. The van der Waals surface area contributed by atoms with Gasteiger partial charge in [0.25, 0.3) is 10.0 Å². The van der Waals surface area contributed by atoms with Gasteiger partial charge in [-0.2, -0.15) is 4.31 Å². The van der Waals surface area contributed by atoms with Crippen molar-refractivity contribution >= 4 is 32.9 Å². The molecule has 2 aromatic rings. The zero-order valence-electron chi connectivity index (χ0n) is 11.6. The summed E-state index contributed by atoms with van der Waals surface area (Å²) in [6.07, 6.45) is 4.84. The third-order valence-electron chi connectivity index (χ3n) is 3.45. The van der Waals surface area contributed by atoms with E-state index in [2.05, 4.69) is 9.97 Å². The van der Waals surface area contributed by atoms with Crippen LogP contribution in [0.25, 0.3) is 0 Å². The van der Waals surface area contributed by atoms with E-state index in [1.165, 1.54) is 9.69 Å². The largest absolute Gasteiger partial charge is 0.504 e. The number of nitrogens with zero attached hydrogens (tertiary/aromatic N) is 4. The summed E-state index contributed by atoms with van der Waals surface area (Å²) < 4.78 is 26.3. The quantitative estimate of drug-likeness (QED) is 0.827. The SMILES string of the molecule is Nc1csc(S(=O)(=O)N2CCN(c3cnccn3)CC2)c1O. The molecule has 0 atom stereocenters. The first-order valence-electron chi connectivity index (χ1n) is 6.57. The van der Waals surface area contributed by atoms with E-state index in [-0.39, 0.29) is 15.6 Å². The molecule has 0 spiro atoms. The van der Waals surface area contributed by atoms with Crippen molar-refractivity contribution in [1.29, 1.82) is 0 Å². The molecule has 0 aromatic carbocycles. The zero-order valence-corrected chi connectivity index (χ0v) is 13.2. The summed E-state index contributed by atoms with van der Waals surface area (Å²) in [6, 6.07) is 0. The lowest BCUT2D eigenvalue weighted by Gasteiger charge is -2.34. The Morgan fingerprint density at radius 2 is 1.95 bits per heavy atom. The van der Waals surface area contributed by atoms with Gasteiger partial charge in [0.1, 0.15) is 5.82 Å². The fraction of sp³-hybridized carbons (Fsp3) is 0.333. The first-order chi connectivity index (χ1) is 10.5. The second kappa shape index (κ2) is 5.71. The van der Waals surface area contributed by atoms with E-state index in [1.807, 2.05) is 4.90 Å². The number of hydrogen-bond donors (Lipinski definition) is 2. The van der Waals surface area contributed by atoms with Gasteiger partial charge in [-0.25, -0.2) is 13.4 Å². The van der Waals surface area contributed by atoms with E-state index >= 15 is 0 Å². The molecule has 0 aliphatic carbocycles. The van der Waals surface area contributed by atoms with Crippen LogP contribution in [0.3, 0.4) is 0 Å². The Morgan fingerprint density at radius 3 is 2.50 bits per heavy atom. The Kier molecular flexibility index (Phi) is 3.89. The molecule has 2 aromatic heterocycles. The number of piperazine rings is 1. The number of nitrogen functional groups attached to an aromatic ring is 1. The number of thiophene rings is 1. The predicted molar refractivity (Wildman–Crippen MR) is 83.4 cm³/mol. The zero-order chi connectivity index (χ0) is 15.7. The molecule has 0 unspecified atom stereocenters. The molecule has 3 rings (SSSR count). The normalized spacial score (nSPS) is 16.8. The topological polar surface area (TPSA) is 113 Å². The molecular formula is C12H15N5O3S2. The van der Waals surface area contributed by atoms with Crippen LogP contribution in [0.1, 0.15) is 0 Å². The summed E-state index contributed by atoms with van der Waals surface area (Å²) in [5.41, 5.74) is 5.60. The Bertz CT molecular complexity index is 754. The van der Waals surface area contributed by atoms with Gasteiger partial charge in [-0.15, -0.1) is 11.3 Å². The number of hydrogen-bond acceptors (Lipinski definition) is 8. The van der Waals surface area contributed by atoms with Crippen LogP contribution >= 0.6 is 11.3 Å². The highest BCUT2D eigenvalue weighted by molar-refractivity contribution is 7.91. The van der Waals surface area contributed by atoms with Gasteiger partial charge in [-0.05, 0) is 0 Å². The van der Waals surface area contributed by atoms with Gasteiger partial charge in [0.2, 0.25) is 0 Å². The first kappa shape index (κ1) is 15.0. The first-order valence-corrected chi connectivity index (χ1v) is 8.89. The number of aromatic nitrogens is 2. The molecule has 0 radical (unpaired) electrons. The maximum atomic E-state index is 12.5. The fourth-order valence-corrected chi connectivity index (χ4v) is 5.02. The van der Waals surface area contributed by atoms with E-state index < -0.39 is 10.0 Å². The third kappa shape index (κ3) is 2.60. The number of nitrogens with two attached hydrogens (primary N) is 1. The van der Waals surface area contributed by atoms with E-state index in [0.717, 1.165) is 17.2 Å². The Labute approximate surface area is 131 Å². The standard InChI is InChI=1S/C12H15N5O3S2/c13-9-8-21-12(11(9)18)22(19,20)17-5-3-16(4-6-17)10-7-14-1-2-15-10/h1-2,7-8,18H,3-6,13H2. The van der Waals surface area contributed by atoms with Crippen LogP contribution in [0.15, 0.2) is 28.2 Å². The summed E-state index contributed by atoms with van der Waals surface area (Å²) in [5.74, 6) is 0.365. The van der Waals surface area contributed by atoms with Crippen LogP contribution in [-0.4, -0.2) is 54.0 Å². The van der Waals surface area contributed by atoms with E-state index in [0.29, 0.717) is 26.2 Å². The minimum atomic E-state index is -3.72. The summed E-state index contributed by atoms with van der Waals surface area (Å²) in [6.45, 7) is 1.66. The summed E-state index contributed by atoms with van der Waals surface area (Å²) in [7, 11) is -3.72. The van der Waals surface area contributed by atoms with Gasteiger partial charge in [0.05, 0.1) is 11.9 Å². The van der Waals surface area contributed by atoms with Crippen LogP contribution in [0.2, 0.25) is 0 Å². The molecule has 0 bridgehead atoms. The van der Waals surface area contributed by atoms with Crippen molar-refractivity contribution in [3.63, 3.8) is 0 Å². The maximum absolute atomic E-state index is 12.5. The summed E-state index contributed by atoms with van der Waals surface area (Å²) >= 11 is 0.933. The summed E-state index contributed by atoms with van der Waals surface area (Å²) in [5, 5.41) is 11.2. The van der Waals surface area contributed by atoms with Gasteiger partial charge < -0.3 is 15.7 Å². The number of aromatic hydroxyl groups is 1. The van der Waals surface area contributed by atoms with Crippen LogP contribution in [0.4, 0.5) is 11.5 Å². The van der Waals surface area contributed by atoms with Crippen molar-refractivity contribution in [2.24, 2.45) is 0 Å². The average molecular weight is 341 g/mol. The number of anilines is 2. The minimum absolute atomic E-state index is 0.0850. The smallest absolute Gasteiger partial charge is 0.256 e. The predicted octanol–water partition coefficient (Wildman–Crippen LogP) is 0.337. The lowest BCUT2D eigenvalue weighted by molar-refractivity contribution is 0.381. The molecule has 3 heterocycles. The van der Waals surface area contributed by atoms with E-state index in [9.17, 15) is 13.5 Å². The molecule has 3 N–H and O–H groups in total. The Balaban J connectivity index is 1.75. The molecule has 22 heavy (non-hydrogen) atoms. The van der Waals surface area contributed by atoms with Crippen molar-refractivity contribution in [2.75, 3.05) is 36.8 Å². The van der Waals surface area contributed by atoms with Gasteiger partial charge in [-0.3, -0.25) is 4.98 Å². The highest BCUT2D eigenvalue weighted by Crippen LogP contribution is 2.37. The van der Waals surface area contributed by atoms with Crippen molar-refractivity contribution in [1.82, 2.24) is 14.3 Å². The van der Waals surface area contributed by atoms with Crippen LogP contribution < -0.4 is 10.6 Å². The molecule has 0 amide bonds. The maximum Gasteiger partial charge on any atom is 0.256 e. The fourth-order valence-electron chi connectivity index (χ4n) is 2.26.